The van der Waals surface area contributed by atoms with E-state index in [1.54, 1.807) is 12.3 Å². The average Bonchev–Trinajstić information content (AvgIpc) is 2.89. The first-order valence-electron chi connectivity index (χ1n) is 10.7. The van der Waals surface area contributed by atoms with E-state index in [0.717, 1.165) is 16.8 Å². The van der Waals surface area contributed by atoms with E-state index in [2.05, 4.69) is 16.2 Å². The van der Waals surface area contributed by atoms with Crippen molar-refractivity contribution < 1.29 is 19.0 Å². The Morgan fingerprint density at radius 3 is 2.62 bits per heavy atom. The molecule has 1 heterocycles. The van der Waals surface area contributed by atoms with Crippen LogP contribution in [0.2, 0.25) is 0 Å². The van der Waals surface area contributed by atoms with Gasteiger partial charge < -0.3 is 19.5 Å². The van der Waals surface area contributed by atoms with Crippen LogP contribution in [0.4, 0.5) is 0 Å². The Kier molecular flexibility index (Phi) is 9.04. The van der Waals surface area contributed by atoms with Gasteiger partial charge in [-0.3, -0.25) is 9.78 Å². The summed E-state index contributed by atoms with van der Waals surface area (Å²) in [6.45, 7) is 0.345. The number of carbonyl (C=O) groups excluding carboxylic acids is 1. The van der Waals surface area contributed by atoms with Crippen LogP contribution in [0.25, 0.3) is 11.3 Å². The second-order valence-corrected chi connectivity index (χ2v) is 7.21. The highest BCUT2D eigenvalue weighted by atomic mass is 16.5. The van der Waals surface area contributed by atoms with Crippen LogP contribution in [0.1, 0.15) is 17.2 Å². The van der Waals surface area contributed by atoms with E-state index in [4.69, 9.17) is 25.9 Å². The van der Waals surface area contributed by atoms with Crippen molar-refractivity contribution in [3.63, 3.8) is 0 Å². The van der Waals surface area contributed by atoms with Gasteiger partial charge in [-0.15, -0.1) is 6.42 Å². The van der Waals surface area contributed by atoms with Crippen molar-refractivity contribution in [2.45, 2.75) is 12.5 Å². The summed E-state index contributed by atoms with van der Waals surface area (Å²) in [6, 6.07) is 20.6. The maximum absolute atomic E-state index is 12.9. The molecule has 7 nitrogen and oxygen atoms in total. The van der Waals surface area contributed by atoms with E-state index in [1.807, 2.05) is 60.7 Å². The minimum absolute atomic E-state index is 0.0153. The number of hydrogen-bond donors (Lipinski definition) is 1. The number of nitriles is 1. The molecule has 3 aromatic rings. The van der Waals surface area contributed by atoms with Gasteiger partial charge in [-0.1, -0.05) is 42.3 Å². The Labute approximate surface area is 199 Å². The number of carbonyl (C=O) groups is 1. The Bertz CT molecular complexity index is 1170. The largest absolute Gasteiger partial charge is 0.493 e. The van der Waals surface area contributed by atoms with Crippen molar-refractivity contribution in [2.24, 2.45) is 0 Å². The number of amides is 1. The maximum atomic E-state index is 12.9. The standard InChI is InChI=1S/C27H25N3O4/c1-3-17-34-26(22-10-8-21(9-11-22)23-6-4-5-15-29-23)27(31)30-16-13-20-7-12-24(33-18-14-28)25(19-20)32-2/h1,4-12,15,19,26H,13,16-18H2,2H3,(H,30,31). The van der Waals surface area contributed by atoms with E-state index in [0.29, 0.717) is 30.0 Å². The number of rotatable bonds is 11. The van der Waals surface area contributed by atoms with Gasteiger partial charge in [-0.05, 0) is 41.8 Å². The van der Waals surface area contributed by atoms with E-state index >= 15 is 0 Å². The lowest BCUT2D eigenvalue weighted by molar-refractivity contribution is -0.132. The quantitative estimate of drug-likeness (QED) is 0.443. The van der Waals surface area contributed by atoms with E-state index in [-0.39, 0.29) is 19.1 Å². The zero-order chi connectivity index (χ0) is 24.2. The van der Waals surface area contributed by atoms with Gasteiger partial charge in [0.2, 0.25) is 0 Å². The maximum Gasteiger partial charge on any atom is 0.253 e. The fourth-order valence-electron chi connectivity index (χ4n) is 3.34. The molecule has 1 amide bonds. The molecule has 0 saturated heterocycles. The molecule has 1 unspecified atom stereocenters. The topological polar surface area (TPSA) is 93.5 Å². The summed E-state index contributed by atoms with van der Waals surface area (Å²) in [6.07, 6.45) is 6.82. The zero-order valence-corrected chi connectivity index (χ0v) is 18.9. The van der Waals surface area contributed by atoms with Crippen LogP contribution < -0.4 is 14.8 Å². The molecule has 172 valence electrons. The van der Waals surface area contributed by atoms with Crippen LogP contribution in [0.5, 0.6) is 11.5 Å². The molecule has 3 rings (SSSR count). The Balaban J connectivity index is 1.63. The van der Waals surface area contributed by atoms with E-state index in [1.165, 1.54) is 7.11 Å². The van der Waals surface area contributed by atoms with Crippen molar-refractivity contribution in [1.82, 2.24) is 10.3 Å². The molecule has 0 saturated carbocycles. The second kappa shape index (κ2) is 12.6. The van der Waals surface area contributed by atoms with Crippen LogP contribution in [0.15, 0.2) is 66.9 Å². The minimum Gasteiger partial charge on any atom is -0.493 e. The summed E-state index contributed by atoms with van der Waals surface area (Å²) in [5.41, 5.74) is 3.44. The van der Waals surface area contributed by atoms with Gasteiger partial charge in [0.25, 0.3) is 5.91 Å². The first-order valence-corrected chi connectivity index (χ1v) is 10.7. The molecule has 0 radical (unpaired) electrons. The average molecular weight is 456 g/mol. The highest BCUT2D eigenvalue weighted by Crippen LogP contribution is 2.28. The fraction of sp³-hybridized carbons (Fsp3) is 0.222. The molecule has 1 N–H and O–H groups in total. The van der Waals surface area contributed by atoms with Crippen molar-refractivity contribution in [3.05, 3.63) is 78.0 Å². The predicted molar refractivity (Wildman–Crippen MR) is 128 cm³/mol. The summed E-state index contributed by atoms with van der Waals surface area (Å²) >= 11 is 0. The zero-order valence-electron chi connectivity index (χ0n) is 18.9. The molecule has 1 aromatic heterocycles. The lowest BCUT2D eigenvalue weighted by Gasteiger charge is -2.17. The number of aromatic nitrogens is 1. The summed E-state index contributed by atoms with van der Waals surface area (Å²) in [4.78, 5) is 17.2. The van der Waals surface area contributed by atoms with E-state index < -0.39 is 6.10 Å². The molecule has 34 heavy (non-hydrogen) atoms. The number of hydrogen-bond acceptors (Lipinski definition) is 6. The third kappa shape index (κ3) is 6.59. The van der Waals surface area contributed by atoms with Crippen LogP contribution in [0.3, 0.4) is 0 Å². The third-order valence-corrected chi connectivity index (χ3v) is 4.98. The van der Waals surface area contributed by atoms with Gasteiger partial charge in [-0.25, -0.2) is 0 Å². The van der Waals surface area contributed by atoms with Crippen LogP contribution in [-0.2, 0) is 16.0 Å². The van der Waals surface area contributed by atoms with Crippen LogP contribution in [-0.4, -0.2) is 37.8 Å². The highest BCUT2D eigenvalue weighted by molar-refractivity contribution is 5.82. The van der Waals surface area contributed by atoms with Gasteiger partial charge in [0, 0.05) is 18.3 Å². The number of nitrogens with zero attached hydrogens (tertiary/aromatic N) is 2. The number of ether oxygens (including phenoxy) is 3. The second-order valence-electron chi connectivity index (χ2n) is 7.21. The number of nitrogens with one attached hydrogen (secondary N) is 1. The molecule has 2 aromatic carbocycles. The third-order valence-electron chi connectivity index (χ3n) is 4.98. The number of methoxy groups -OCH3 is 1. The predicted octanol–water partition coefficient (Wildman–Crippen LogP) is 3.71. The molecule has 0 aliphatic heterocycles. The smallest absolute Gasteiger partial charge is 0.253 e. The van der Waals surface area contributed by atoms with E-state index in [9.17, 15) is 4.79 Å². The van der Waals surface area contributed by atoms with Crippen molar-refractivity contribution >= 4 is 5.91 Å². The van der Waals surface area contributed by atoms with Gasteiger partial charge >= 0.3 is 0 Å². The fourth-order valence-corrected chi connectivity index (χ4v) is 3.34. The van der Waals surface area contributed by atoms with Gasteiger partial charge in [0.15, 0.2) is 24.2 Å². The highest BCUT2D eigenvalue weighted by Gasteiger charge is 2.21. The van der Waals surface area contributed by atoms with Crippen molar-refractivity contribution in [1.29, 1.82) is 5.26 Å². The normalized spacial score (nSPS) is 11.0. The van der Waals surface area contributed by atoms with Gasteiger partial charge in [-0.2, -0.15) is 5.26 Å². The van der Waals surface area contributed by atoms with Crippen molar-refractivity contribution in [3.8, 4) is 41.2 Å². The molecule has 7 heteroatoms. The van der Waals surface area contributed by atoms with Gasteiger partial charge in [0.1, 0.15) is 12.7 Å². The Morgan fingerprint density at radius 1 is 1.12 bits per heavy atom. The first-order chi connectivity index (χ1) is 16.7. The molecule has 0 spiro atoms. The number of benzene rings is 2. The lowest BCUT2D eigenvalue weighted by atomic mass is 10.0. The Morgan fingerprint density at radius 2 is 1.94 bits per heavy atom. The molecular formula is C27H25N3O4. The van der Waals surface area contributed by atoms with Crippen LogP contribution in [0, 0.1) is 23.7 Å². The first kappa shape index (κ1) is 24.3. The molecule has 0 fully saturated rings. The summed E-state index contributed by atoms with van der Waals surface area (Å²) in [7, 11) is 1.53. The Hall–Kier alpha value is -4.33. The summed E-state index contributed by atoms with van der Waals surface area (Å²) in [5, 5.41) is 11.6. The summed E-state index contributed by atoms with van der Waals surface area (Å²) in [5.74, 6) is 3.16. The monoisotopic (exact) mass is 455 g/mol. The molecular weight excluding hydrogens is 430 g/mol. The van der Waals surface area contributed by atoms with Gasteiger partial charge in [0.05, 0.1) is 12.8 Å². The number of terminal acetylenes is 1. The molecule has 1 atom stereocenters. The van der Waals surface area contributed by atoms with Crippen LogP contribution >= 0.6 is 0 Å². The van der Waals surface area contributed by atoms with Crippen molar-refractivity contribution in [2.75, 3.05) is 26.9 Å². The molecule has 0 aliphatic carbocycles. The minimum atomic E-state index is -0.829. The lowest BCUT2D eigenvalue weighted by Crippen LogP contribution is -2.32. The molecule has 0 bridgehead atoms. The SMILES string of the molecule is C#CCOC(C(=O)NCCc1ccc(OCC#N)c(OC)c1)c1ccc(-c2ccccn2)cc1. The summed E-state index contributed by atoms with van der Waals surface area (Å²) < 4.78 is 16.3. The molecule has 0 aliphatic rings. The number of pyridine rings is 1.